The number of nitrogens with zero attached hydrogens (tertiary/aromatic N) is 4. The molecule has 0 bridgehead atoms. The Bertz CT molecular complexity index is 697. The number of hydrogen-bond donors (Lipinski definition) is 1. The minimum absolute atomic E-state index is 0.0925. The molecule has 0 aliphatic rings. The van der Waals surface area contributed by atoms with Crippen LogP contribution >= 0.6 is 23.4 Å². The number of aldehydes is 1. The topological polar surface area (TPSA) is 93.5 Å². The van der Waals surface area contributed by atoms with Gasteiger partial charge in [0.25, 0.3) is 0 Å². The number of carbonyl (C=O) groups excluding carboxylic acids is 1. The van der Waals surface area contributed by atoms with E-state index in [4.69, 9.17) is 11.6 Å². The van der Waals surface area contributed by atoms with Crippen molar-refractivity contribution in [2.75, 3.05) is 0 Å². The highest BCUT2D eigenvalue weighted by Gasteiger charge is 2.16. The van der Waals surface area contributed by atoms with Crippen LogP contribution in [0.2, 0.25) is 5.15 Å². The normalized spacial score (nSPS) is 10.8. The second-order valence-corrected chi connectivity index (χ2v) is 5.28. The number of carbonyl (C=O) groups is 1. The average Bonchev–Trinajstić information content (AvgIpc) is 2.72. The minimum atomic E-state index is -0.293. The third-order valence-electron chi connectivity index (χ3n) is 2.45. The number of nitrogens with one attached hydrogen (secondary N) is 1. The lowest BCUT2D eigenvalue weighted by Gasteiger charge is -2.06. The van der Waals surface area contributed by atoms with E-state index in [1.54, 1.807) is 6.92 Å². The summed E-state index contributed by atoms with van der Waals surface area (Å²) in [5, 5.41) is 7.23. The number of aromatic amines is 1. The van der Waals surface area contributed by atoms with E-state index in [-0.39, 0.29) is 16.4 Å². The van der Waals surface area contributed by atoms with Crippen LogP contribution in [0.5, 0.6) is 0 Å². The fourth-order valence-corrected chi connectivity index (χ4v) is 2.88. The summed E-state index contributed by atoms with van der Waals surface area (Å²) in [5.41, 5.74) is -0.0976. The summed E-state index contributed by atoms with van der Waals surface area (Å²) < 4.78 is 1.49. The number of aryl methyl sites for hydroxylation is 1. The Morgan fingerprint density at radius 2 is 2.20 bits per heavy atom. The molecule has 0 radical (unpaired) electrons. The molecule has 0 spiro atoms. The summed E-state index contributed by atoms with van der Waals surface area (Å²) in [7, 11) is 0. The molecule has 0 saturated heterocycles. The third-order valence-corrected chi connectivity index (χ3v) is 3.74. The maximum Gasteiger partial charge on any atom is 0.343 e. The van der Waals surface area contributed by atoms with Crippen LogP contribution in [0.3, 0.4) is 0 Å². The molecule has 2 rings (SSSR count). The van der Waals surface area contributed by atoms with E-state index in [9.17, 15) is 9.59 Å². The molecule has 2 heterocycles. The summed E-state index contributed by atoms with van der Waals surface area (Å²) in [6.45, 7) is 4.16. The summed E-state index contributed by atoms with van der Waals surface area (Å²) in [6.07, 6.45) is 1.39. The third kappa shape index (κ3) is 2.91. The molecule has 0 aliphatic heterocycles. The van der Waals surface area contributed by atoms with Gasteiger partial charge in [0, 0.05) is 6.54 Å². The molecule has 0 aliphatic carbocycles. The average molecular weight is 314 g/mol. The van der Waals surface area contributed by atoms with Crippen molar-refractivity contribution in [3.05, 3.63) is 27.0 Å². The van der Waals surface area contributed by atoms with E-state index in [0.717, 1.165) is 18.2 Å². The van der Waals surface area contributed by atoms with Gasteiger partial charge in [-0.05, 0) is 25.1 Å². The van der Waals surface area contributed by atoms with Gasteiger partial charge in [-0.3, -0.25) is 9.36 Å². The first-order valence-corrected chi connectivity index (χ1v) is 7.08. The molecule has 2 aromatic heterocycles. The summed E-state index contributed by atoms with van der Waals surface area (Å²) in [6, 6.07) is 0. The van der Waals surface area contributed by atoms with Crippen molar-refractivity contribution in [2.24, 2.45) is 0 Å². The zero-order valence-electron chi connectivity index (χ0n) is 10.9. The van der Waals surface area contributed by atoms with Gasteiger partial charge in [0.2, 0.25) is 0 Å². The van der Waals surface area contributed by atoms with Gasteiger partial charge in [-0.2, -0.15) is 0 Å². The zero-order chi connectivity index (χ0) is 14.7. The van der Waals surface area contributed by atoms with Gasteiger partial charge in [0.1, 0.15) is 16.0 Å². The number of H-pyrrole nitrogens is 1. The smallest absolute Gasteiger partial charge is 0.298 e. The van der Waals surface area contributed by atoms with E-state index in [1.165, 1.54) is 4.57 Å². The molecule has 106 valence electrons. The summed E-state index contributed by atoms with van der Waals surface area (Å²) in [4.78, 5) is 30.8. The van der Waals surface area contributed by atoms with Crippen molar-refractivity contribution < 1.29 is 4.79 Å². The van der Waals surface area contributed by atoms with E-state index in [1.807, 2.05) is 6.92 Å². The highest BCUT2D eigenvalue weighted by molar-refractivity contribution is 7.99. The number of aromatic nitrogens is 5. The Morgan fingerprint density at radius 1 is 1.45 bits per heavy atom. The standard InChI is InChI=1S/C11H12ClN5O2S/c1-3-4-17-10(19)15-16-11(17)20-9-7(5-18)8(12)13-6(2)14-9/h5H,3-4H2,1-2H3,(H,15,19). The quantitative estimate of drug-likeness (QED) is 0.667. The van der Waals surface area contributed by atoms with Gasteiger partial charge in [-0.25, -0.2) is 19.9 Å². The predicted octanol–water partition coefficient (Wildman–Crippen LogP) is 1.70. The Hall–Kier alpha value is -1.67. The summed E-state index contributed by atoms with van der Waals surface area (Å²) >= 11 is 7.02. The van der Waals surface area contributed by atoms with Crippen molar-refractivity contribution >= 4 is 29.6 Å². The fraction of sp³-hybridized carbons (Fsp3) is 0.364. The Labute approximate surface area is 123 Å². The molecule has 0 fully saturated rings. The van der Waals surface area contributed by atoms with Crippen LogP contribution < -0.4 is 5.69 Å². The van der Waals surface area contributed by atoms with Crippen LogP contribution in [-0.2, 0) is 6.54 Å². The molecule has 2 aromatic rings. The molecule has 0 atom stereocenters. The first kappa shape index (κ1) is 14.7. The lowest BCUT2D eigenvalue weighted by Crippen LogP contribution is -2.17. The molecule has 0 amide bonds. The Balaban J connectivity index is 2.45. The first-order valence-electron chi connectivity index (χ1n) is 5.89. The van der Waals surface area contributed by atoms with Crippen LogP contribution in [-0.4, -0.2) is 31.0 Å². The molecule has 20 heavy (non-hydrogen) atoms. The van der Waals surface area contributed by atoms with Gasteiger partial charge in [-0.15, -0.1) is 5.10 Å². The largest absolute Gasteiger partial charge is 0.343 e. The number of halogens is 1. The van der Waals surface area contributed by atoms with Crippen molar-refractivity contribution in [1.82, 2.24) is 24.7 Å². The van der Waals surface area contributed by atoms with Crippen molar-refractivity contribution in [3.8, 4) is 0 Å². The molecule has 7 nitrogen and oxygen atoms in total. The van der Waals surface area contributed by atoms with Gasteiger partial charge >= 0.3 is 5.69 Å². The second-order valence-electron chi connectivity index (χ2n) is 3.96. The van der Waals surface area contributed by atoms with Crippen LogP contribution in [0.15, 0.2) is 15.0 Å². The number of hydrogen-bond acceptors (Lipinski definition) is 6. The number of rotatable bonds is 5. The van der Waals surface area contributed by atoms with Crippen molar-refractivity contribution in [2.45, 2.75) is 37.0 Å². The van der Waals surface area contributed by atoms with E-state index in [0.29, 0.717) is 28.8 Å². The first-order chi connectivity index (χ1) is 9.56. The van der Waals surface area contributed by atoms with E-state index < -0.39 is 0 Å². The molecular weight excluding hydrogens is 302 g/mol. The van der Waals surface area contributed by atoms with E-state index in [2.05, 4.69) is 20.2 Å². The van der Waals surface area contributed by atoms with Gasteiger partial charge in [0.05, 0.1) is 5.56 Å². The predicted molar refractivity (Wildman–Crippen MR) is 74.4 cm³/mol. The highest BCUT2D eigenvalue weighted by Crippen LogP contribution is 2.29. The van der Waals surface area contributed by atoms with Crippen LogP contribution in [0.4, 0.5) is 0 Å². The maximum absolute atomic E-state index is 11.6. The van der Waals surface area contributed by atoms with Crippen LogP contribution in [0.1, 0.15) is 29.5 Å². The molecule has 9 heteroatoms. The van der Waals surface area contributed by atoms with Gasteiger partial charge < -0.3 is 0 Å². The fourth-order valence-electron chi connectivity index (χ4n) is 1.59. The van der Waals surface area contributed by atoms with Gasteiger partial charge in [0.15, 0.2) is 11.4 Å². The molecular formula is C11H12ClN5O2S. The van der Waals surface area contributed by atoms with Crippen LogP contribution in [0.25, 0.3) is 0 Å². The lowest BCUT2D eigenvalue weighted by atomic mass is 10.4. The summed E-state index contributed by atoms with van der Waals surface area (Å²) in [5.74, 6) is 0.447. The SMILES string of the molecule is CCCn1c(Sc2nc(C)nc(Cl)c2C=O)n[nH]c1=O. The van der Waals surface area contributed by atoms with E-state index >= 15 is 0 Å². The molecule has 0 saturated carbocycles. The molecule has 0 aromatic carbocycles. The van der Waals surface area contributed by atoms with Crippen LogP contribution in [0, 0.1) is 6.92 Å². The molecule has 0 unspecified atom stereocenters. The molecule has 1 N–H and O–H groups in total. The second kappa shape index (κ2) is 6.19. The maximum atomic E-state index is 11.6. The Morgan fingerprint density at radius 3 is 2.85 bits per heavy atom. The van der Waals surface area contributed by atoms with Crippen molar-refractivity contribution in [1.29, 1.82) is 0 Å². The monoisotopic (exact) mass is 313 g/mol. The van der Waals surface area contributed by atoms with Gasteiger partial charge in [-0.1, -0.05) is 18.5 Å². The lowest BCUT2D eigenvalue weighted by molar-refractivity contribution is 0.112. The highest BCUT2D eigenvalue weighted by atomic mass is 35.5. The van der Waals surface area contributed by atoms with Crippen molar-refractivity contribution in [3.63, 3.8) is 0 Å². The minimum Gasteiger partial charge on any atom is -0.298 e. The Kier molecular flexibility index (Phi) is 4.56. The zero-order valence-corrected chi connectivity index (χ0v) is 12.5.